The summed E-state index contributed by atoms with van der Waals surface area (Å²) in [6.07, 6.45) is 8.16. The van der Waals surface area contributed by atoms with E-state index in [0.717, 1.165) is 6.54 Å². The molecular weight excluding hydrogens is 226 g/mol. The summed E-state index contributed by atoms with van der Waals surface area (Å²) >= 11 is 1.94. The van der Waals surface area contributed by atoms with Crippen molar-refractivity contribution in [2.24, 2.45) is 0 Å². The van der Waals surface area contributed by atoms with Crippen LogP contribution < -0.4 is 5.32 Å². The molecule has 0 amide bonds. The highest BCUT2D eigenvalue weighted by Crippen LogP contribution is 2.26. The van der Waals surface area contributed by atoms with E-state index in [1.165, 1.54) is 48.3 Å². The minimum Gasteiger partial charge on any atom is -0.310 e. The molecule has 1 nitrogen and oxygen atoms in total. The summed E-state index contributed by atoms with van der Waals surface area (Å²) in [6, 6.07) is 5.11. The lowest BCUT2D eigenvalue weighted by Gasteiger charge is -2.16. The molecule has 1 aromatic rings. The fraction of sp³-hybridized carbons (Fsp3) is 0.733. The van der Waals surface area contributed by atoms with E-state index in [9.17, 15) is 0 Å². The molecule has 1 N–H and O–H groups in total. The van der Waals surface area contributed by atoms with Crippen molar-refractivity contribution < 1.29 is 0 Å². The van der Waals surface area contributed by atoms with Crippen LogP contribution in [-0.2, 0) is 0 Å². The average Bonchev–Trinajstić information content (AvgIpc) is 2.74. The van der Waals surface area contributed by atoms with Crippen molar-refractivity contribution in [1.82, 2.24) is 5.32 Å². The van der Waals surface area contributed by atoms with Crippen molar-refractivity contribution in [2.45, 2.75) is 65.3 Å². The summed E-state index contributed by atoms with van der Waals surface area (Å²) < 4.78 is 0. The normalized spacial score (nSPS) is 12.9. The first-order valence-corrected chi connectivity index (χ1v) is 7.89. The second-order valence-corrected chi connectivity index (χ2v) is 6.08. The predicted octanol–water partition coefficient (Wildman–Crippen LogP) is 5.07. The molecule has 1 atom stereocenters. The van der Waals surface area contributed by atoms with Crippen molar-refractivity contribution in [2.75, 3.05) is 6.54 Å². The smallest absolute Gasteiger partial charge is 0.0414 e. The number of hydrogen-bond acceptors (Lipinski definition) is 2. The van der Waals surface area contributed by atoms with Crippen molar-refractivity contribution >= 4 is 11.3 Å². The number of hydrogen-bond donors (Lipinski definition) is 1. The Kier molecular flexibility index (Phi) is 7.54. The molecule has 0 spiro atoms. The first-order chi connectivity index (χ1) is 8.27. The standard InChI is InChI=1S/C15H27NS/c1-4-6-7-8-9-10-14(16-5-2)15-12-11-13(3)17-15/h11-12,14,16H,4-10H2,1-3H3. The second-order valence-electron chi connectivity index (χ2n) is 4.76. The molecule has 0 saturated carbocycles. The van der Waals surface area contributed by atoms with E-state index >= 15 is 0 Å². The number of nitrogens with one attached hydrogen (secondary N) is 1. The summed E-state index contributed by atoms with van der Waals surface area (Å²) in [5, 5.41) is 3.61. The monoisotopic (exact) mass is 253 g/mol. The van der Waals surface area contributed by atoms with Crippen LogP contribution in [0.5, 0.6) is 0 Å². The van der Waals surface area contributed by atoms with E-state index in [0.29, 0.717) is 6.04 Å². The quantitative estimate of drug-likeness (QED) is 0.606. The zero-order valence-corrected chi connectivity index (χ0v) is 12.4. The van der Waals surface area contributed by atoms with Crippen molar-refractivity contribution in [1.29, 1.82) is 0 Å². The molecule has 0 aliphatic carbocycles. The molecule has 1 aromatic heterocycles. The van der Waals surface area contributed by atoms with Crippen LogP contribution in [0.2, 0.25) is 0 Å². The van der Waals surface area contributed by atoms with Crippen LogP contribution in [0.4, 0.5) is 0 Å². The van der Waals surface area contributed by atoms with E-state index < -0.39 is 0 Å². The molecule has 0 aromatic carbocycles. The maximum atomic E-state index is 3.61. The van der Waals surface area contributed by atoms with Gasteiger partial charge in [0.25, 0.3) is 0 Å². The van der Waals surface area contributed by atoms with Gasteiger partial charge >= 0.3 is 0 Å². The van der Waals surface area contributed by atoms with E-state index in [4.69, 9.17) is 0 Å². The molecule has 98 valence electrons. The van der Waals surface area contributed by atoms with Crippen LogP contribution in [0, 0.1) is 6.92 Å². The number of aryl methyl sites for hydroxylation is 1. The Labute approximate surface area is 111 Å². The molecule has 0 aliphatic heterocycles. The van der Waals surface area contributed by atoms with Crippen molar-refractivity contribution in [3.05, 3.63) is 21.9 Å². The molecule has 0 bridgehead atoms. The molecule has 1 rings (SSSR count). The lowest BCUT2D eigenvalue weighted by atomic mass is 10.1. The van der Waals surface area contributed by atoms with Crippen molar-refractivity contribution in [3.8, 4) is 0 Å². The minimum absolute atomic E-state index is 0.584. The van der Waals surface area contributed by atoms with Gasteiger partial charge in [-0.05, 0) is 32.0 Å². The summed E-state index contributed by atoms with van der Waals surface area (Å²) in [5.74, 6) is 0. The molecule has 1 heterocycles. The zero-order chi connectivity index (χ0) is 12.5. The molecule has 17 heavy (non-hydrogen) atoms. The Hall–Kier alpha value is -0.340. The van der Waals surface area contributed by atoms with Gasteiger partial charge in [0.15, 0.2) is 0 Å². The lowest BCUT2D eigenvalue weighted by molar-refractivity contribution is 0.484. The Balaban J connectivity index is 2.33. The maximum Gasteiger partial charge on any atom is 0.0414 e. The average molecular weight is 253 g/mol. The summed E-state index contributed by atoms with van der Waals surface area (Å²) in [5.41, 5.74) is 0. The highest BCUT2D eigenvalue weighted by atomic mass is 32.1. The Bertz CT molecular complexity index is 293. The molecule has 0 aliphatic rings. The Morgan fingerprint density at radius 2 is 1.88 bits per heavy atom. The van der Waals surface area contributed by atoms with E-state index in [-0.39, 0.29) is 0 Å². The van der Waals surface area contributed by atoms with Crippen LogP contribution in [0.1, 0.15) is 68.2 Å². The Morgan fingerprint density at radius 1 is 1.12 bits per heavy atom. The third kappa shape index (κ3) is 5.69. The van der Waals surface area contributed by atoms with Gasteiger partial charge in [-0.15, -0.1) is 11.3 Å². The largest absolute Gasteiger partial charge is 0.310 e. The first-order valence-electron chi connectivity index (χ1n) is 7.07. The van der Waals surface area contributed by atoms with E-state index in [1.54, 1.807) is 0 Å². The van der Waals surface area contributed by atoms with Crippen LogP contribution in [0.3, 0.4) is 0 Å². The zero-order valence-electron chi connectivity index (χ0n) is 11.6. The first kappa shape index (κ1) is 14.7. The number of rotatable bonds is 9. The van der Waals surface area contributed by atoms with Gasteiger partial charge in [0, 0.05) is 15.8 Å². The third-order valence-electron chi connectivity index (χ3n) is 3.15. The van der Waals surface area contributed by atoms with Crippen LogP contribution in [0.15, 0.2) is 12.1 Å². The topological polar surface area (TPSA) is 12.0 Å². The van der Waals surface area contributed by atoms with Gasteiger partial charge in [-0.1, -0.05) is 46.0 Å². The van der Waals surface area contributed by atoms with Crippen LogP contribution >= 0.6 is 11.3 Å². The van der Waals surface area contributed by atoms with Crippen LogP contribution in [0.25, 0.3) is 0 Å². The predicted molar refractivity (Wildman–Crippen MR) is 78.8 cm³/mol. The molecule has 2 heteroatoms. The summed E-state index contributed by atoms with van der Waals surface area (Å²) in [6.45, 7) is 7.73. The fourth-order valence-corrected chi connectivity index (χ4v) is 3.17. The Morgan fingerprint density at radius 3 is 2.47 bits per heavy atom. The van der Waals surface area contributed by atoms with Crippen molar-refractivity contribution in [3.63, 3.8) is 0 Å². The van der Waals surface area contributed by atoms with Crippen LogP contribution in [-0.4, -0.2) is 6.54 Å². The number of thiophene rings is 1. The third-order valence-corrected chi connectivity index (χ3v) is 4.27. The SMILES string of the molecule is CCCCCCCC(NCC)c1ccc(C)s1. The highest BCUT2D eigenvalue weighted by Gasteiger charge is 2.11. The molecular formula is C15H27NS. The van der Waals surface area contributed by atoms with Gasteiger partial charge in [-0.2, -0.15) is 0 Å². The summed E-state index contributed by atoms with van der Waals surface area (Å²) in [4.78, 5) is 2.94. The van der Waals surface area contributed by atoms with E-state index in [2.05, 4.69) is 38.2 Å². The molecule has 0 fully saturated rings. The number of unbranched alkanes of at least 4 members (excludes halogenated alkanes) is 4. The van der Waals surface area contributed by atoms with Gasteiger partial charge in [0.2, 0.25) is 0 Å². The summed E-state index contributed by atoms with van der Waals surface area (Å²) in [7, 11) is 0. The maximum absolute atomic E-state index is 3.61. The molecule has 0 saturated heterocycles. The van der Waals surface area contributed by atoms with Gasteiger partial charge < -0.3 is 5.32 Å². The van der Waals surface area contributed by atoms with Gasteiger partial charge in [-0.25, -0.2) is 0 Å². The van der Waals surface area contributed by atoms with Gasteiger partial charge in [0.1, 0.15) is 0 Å². The second kappa shape index (κ2) is 8.71. The fourth-order valence-electron chi connectivity index (χ4n) is 2.18. The van der Waals surface area contributed by atoms with Gasteiger partial charge in [-0.3, -0.25) is 0 Å². The van der Waals surface area contributed by atoms with Gasteiger partial charge in [0.05, 0.1) is 0 Å². The lowest BCUT2D eigenvalue weighted by Crippen LogP contribution is -2.19. The molecule has 1 unspecified atom stereocenters. The van der Waals surface area contributed by atoms with E-state index in [1.807, 2.05) is 11.3 Å². The minimum atomic E-state index is 0.584. The highest BCUT2D eigenvalue weighted by molar-refractivity contribution is 7.12. The molecule has 0 radical (unpaired) electrons.